The van der Waals surface area contributed by atoms with Crippen molar-refractivity contribution in [1.82, 2.24) is 4.98 Å². The standard InChI is InChI=1S/C17H22N2S/c1-13-15(20-17(2,3)4)10-11-16(19-13)18-12-14-8-6-5-7-9-14/h5-11H,12H2,1-4H3,(H,18,19). The van der Waals surface area contributed by atoms with Gasteiger partial charge in [-0.25, -0.2) is 4.98 Å². The van der Waals surface area contributed by atoms with Crippen molar-refractivity contribution in [2.45, 2.75) is 43.9 Å². The third-order valence-corrected chi connectivity index (χ3v) is 4.03. The lowest BCUT2D eigenvalue weighted by molar-refractivity contribution is 0.801. The van der Waals surface area contributed by atoms with Gasteiger partial charge in [0.25, 0.3) is 0 Å². The van der Waals surface area contributed by atoms with E-state index < -0.39 is 0 Å². The van der Waals surface area contributed by atoms with Crippen LogP contribution in [0.25, 0.3) is 0 Å². The van der Waals surface area contributed by atoms with Crippen molar-refractivity contribution in [3.8, 4) is 0 Å². The summed E-state index contributed by atoms with van der Waals surface area (Å²) in [5, 5.41) is 3.37. The molecule has 0 aliphatic heterocycles. The van der Waals surface area contributed by atoms with Gasteiger partial charge in [-0.15, -0.1) is 11.8 Å². The lowest BCUT2D eigenvalue weighted by atomic mass is 10.2. The third-order valence-electron chi connectivity index (χ3n) is 2.77. The molecule has 0 unspecified atom stereocenters. The van der Waals surface area contributed by atoms with Crippen LogP contribution in [-0.2, 0) is 6.54 Å². The summed E-state index contributed by atoms with van der Waals surface area (Å²) in [6.45, 7) is 9.54. The first-order valence-corrected chi connectivity index (χ1v) is 7.70. The average Bonchev–Trinajstić information content (AvgIpc) is 2.39. The first-order chi connectivity index (χ1) is 9.44. The van der Waals surface area contributed by atoms with Crippen LogP contribution in [0.3, 0.4) is 0 Å². The number of aromatic nitrogens is 1. The molecule has 0 amide bonds. The van der Waals surface area contributed by atoms with Gasteiger partial charge in [-0.05, 0) is 24.6 Å². The second-order valence-electron chi connectivity index (χ2n) is 5.83. The van der Waals surface area contributed by atoms with Crippen LogP contribution in [0, 0.1) is 6.92 Å². The Bertz CT molecular complexity index is 559. The molecule has 1 aromatic heterocycles. The summed E-state index contributed by atoms with van der Waals surface area (Å²) < 4.78 is 0.214. The van der Waals surface area contributed by atoms with Crippen molar-refractivity contribution in [1.29, 1.82) is 0 Å². The van der Waals surface area contributed by atoms with Crippen LogP contribution in [0.2, 0.25) is 0 Å². The van der Waals surface area contributed by atoms with E-state index in [1.54, 1.807) is 0 Å². The van der Waals surface area contributed by atoms with Crippen molar-refractivity contribution in [2.75, 3.05) is 5.32 Å². The summed E-state index contributed by atoms with van der Waals surface area (Å²) in [4.78, 5) is 5.89. The molecule has 1 aromatic carbocycles. The van der Waals surface area contributed by atoms with E-state index in [2.05, 4.69) is 74.4 Å². The van der Waals surface area contributed by atoms with Gasteiger partial charge in [0.05, 0.1) is 5.69 Å². The monoisotopic (exact) mass is 286 g/mol. The fourth-order valence-corrected chi connectivity index (χ4v) is 2.86. The highest BCUT2D eigenvalue weighted by Crippen LogP contribution is 2.33. The highest BCUT2D eigenvalue weighted by molar-refractivity contribution is 8.00. The number of pyridine rings is 1. The number of thioether (sulfide) groups is 1. The summed E-state index contributed by atoms with van der Waals surface area (Å²) in [6, 6.07) is 14.6. The predicted molar refractivity (Wildman–Crippen MR) is 88.4 cm³/mol. The molecule has 1 N–H and O–H groups in total. The smallest absolute Gasteiger partial charge is 0.126 e. The second-order valence-corrected chi connectivity index (χ2v) is 7.70. The van der Waals surface area contributed by atoms with E-state index in [0.717, 1.165) is 18.1 Å². The molecule has 106 valence electrons. The predicted octanol–water partition coefficient (Wildman–Crippen LogP) is 4.89. The van der Waals surface area contributed by atoms with Crippen LogP contribution in [0.15, 0.2) is 47.4 Å². The third kappa shape index (κ3) is 4.57. The quantitative estimate of drug-likeness (QED) is 0.810. The van der Waals surface area contributed by atoms with Gasteiger partial charge >= 0.3 is 0 Å². The Morgan fingerprint density at radius 1 is 1.05 bits per heavy atom. The maximum absolute atomic E-state index is 4.64. The minimum atomic E-state index is 0.214. The number of anilines is 1. The lowest BCUT2D eigenvalue weighted by Crippen LogP contribution is -2.08. The normalized spacial score (nSPS) is 11.4. The van der Waals surface area contributed by atoms with Crippen LogP contribution in [0.5, 0.6) is 0 Å². The molecule has 2 rings (SSSR count). The van der Waals surface area contributed by atoms with E-state index in [-0.39, 0.29) is 4.75 Å². The molecular weight excluding hydrogens is 264 g/mol. The number of hydrogen-bond donors (Lipinski definition) is 1. The molecular formula is C17H22N2S. The number of nitrogens with one attached hydrogen (secondary N) is 1. The van der Waals surface area contributed by atoms with Crippen LogP contribution < -0.4 is 5.32 Å². The van der Waals surface area contributed by atoms with E-state index in [0.29, 0.717) is 0 Å². The van der Waals surface area contributed by atoms with E-state index >= 15 is 0 Å². The van der Waals surface area contributed by atoms with Crippen LogP contribution >= 0.6 is 11.8 Å². The molecule has 0 aliphatic carbocycles. The van der Waals surface area contributed by atoms with Gasteiger partial charge in [0.1, 0.15) is 5.82 Å². The van der Waals surface area contributed by atoms with Crippen molar-refractivity contribution in [2.24, 2.45) is 0 Å². The largest absolute Gasteiger partial charge is 0.366 e. The Labute approximate surface area is 126 Å². The molecule has 0 spiro atoms. The molecule has 0 aliphatic rings. The van der Waals surface area contributed by atoms with E-state index in [1.807, 2.05) is 17.8 Å². The number of benzene rings is 1. The van der Waals surface area contributed by atoms with Crippen LogP contribution in [-0.4, -0.2) is 9.73 Å². The lowest BCUT2D eigenvalue weighted by Gasteiger charge is -2.19. The number of aryl methyl sites for hydroxylation is 1. The van der Waals surface area contributed by atoms with Gasteiger partial charge in [-0.2, -0.15) is 0 Å². The Morgan fingerprint density at radius 3 is 2.35 bits per heavy atom. The summed E-state index contributed by atoms with van der Waals surface area (Å²) in [5.74, 6) is 0.935. The van der Waals surface area contributed by atoms with Crippen molar-refractivity contribution in [3.63, 3.8) is 0 Å². The van der Waals surface area contributed by atoms with E-state index in [1.165, 1.54) is 10.5 Å². The molecule has 3 heteroatoms. The fraction of sp³-hybridized carbons (Fsp3) is 0.353. The first-order valence-electron chi connectivity index (χ1n) is 6.88. The highest BCUT2D eigenvalue weighted by atomic mass is 32.2. The summed E-state index contributed by atoms with van der Waals surface area (Å²) >= 11 is 1.86. The Morgan fingerprint density at radius 2 is 1.75 bits per heavy atom. The Kier molecular flexibility index (Phi) is 4.71. The zero-order valence-corrected chi connectivity index (χ0v) is 13.4. The molecule has 0 saturated heterocycles. The number of rotatable bonds is 4. The van der Waals surface area contributed by atoms with Gasteiger partial charge in [0.15, 0.2) is 0 Å². The van der Waals surface area contributed by atoms with Gasteiger partial charge < -0.3 is 5.32 Å². The summed E-state index contributed by atoms with van der Waals surface area (Å²) in [6.07, 6.45) is 0. The maximum atomic E-state index is 4.64. The molecule has 2 nitrogen and oxygen atoms in total. The zero-order chi connectivity index (χ0) is 14.6. The maximum Gasteiger partial charge on any atom is 0.126 e. The Balaban J connectivity index is 2.02. The molecule has 0 radical (unpaired) electrons. The molecule has 0 bridgehead atoms. The fourth-order valence-electron chi connectivity index (χ4n) is 1.87. The second kappa shape index (κ2) is 6.31. The highest BCUT2D eigenvalue weighted by Gasteiger charge is 2.14. The van der Waals surface area contributed by atoms with Crippen LogP contribution in [0.4, 0.5) is 5.82 Å². The van der Waals surface area contributed by atoms with Gasteiger partial charge in [0, 0.05) is 16.2 Å². The molecule has 1 heterocycles. The topological polar surface area (TPSA) is 24.9 Å². The summed E-state index contributed by atoms with van der Waals surface area (Å²) in [5.41, 5.74) is 2.35. The SMILES string of the molecule is Cc1nc(NCc2ccccc2)ccc1SC(C)(C)C. The van der Waals surface area contributed by atoms with E-state index in [4.69, 9.17) is 0 Å². The average molecular weight is 286 g/mol. The number of nitrogens with zero attached hydrogens (tertiary/aromatic N) is 1. The molecule has 0 saturated carbocycles. The van der Waals surface area contributed by atoms with Crippen molar-refractivity contribution in [3.05, 3.63) is 53.7 Å². The van der Waals surface area contributed by atoms with Crippen LogP contribution in [0.1, 0.15) is 32.0 Å². The van der Waals surface area contributed by atoms with Gasteiger partial charge in [-0.1, -0.05) is 51.1 Å². The van der Waals surface area contributed by atoms with E-state index in [9.17, 15) is 0 Å². The Hall–Kier alpha value is -1.48. The van der Waals surface area contributed by atoms with Crippen molar-refractivity contribution < 1.29 is 0 Å². The van der Waals surface area contributed by atoms with Gasteiger partial charge in [-0.3, -0.25) is 0 Å². The zero-order valence-electron chi connectivity index (χ0n) is 12.6. The van der Waals surface area contributed by atoms with Crippen molar-refractivity contribution >= 4 is 17.6 Å². The minimum Gasteiger partial charge on any atom is -0.366 e. The minimum absolute atomic E-state index is 0.214. The number of hydrogen-bond acceptors (Lipinski definition) is 3. The summed E-state index contributed by atoms with van der Waals surface area (Å²) in [7, 11) is 0. The molecule has 0 atom stereocenters. The molecule has 20 heavy (non-hydrogen) atoms. The molecule has 0 fully saturated rings. The first kappa shape index (κ1) is 14.9. The molecule has 2 aromatic rings. The van der Waals surface area contributed by atoms with Gasteiger partial charge in [0.2, 0.25) is 0 Å².